The Hall–Kier alpha value is -2.15. The summed E-state index contributed by atoms with van der Waals surface area (Å²) in [5.74, 6) is 0.144. The number of hydrogen-bond acceptors (Lipinski definition) is 1. The van der Waals surface area contributed by atoms with Crippen molar-refractivity contribution in [3.8, 4) is 0 Å². The van der Waals surface area contributed by atoms with Crippen LogP contribution in [0.25, 0.3) is 6.08 Å². The first kappa shape index (κ1) is 18.2. The van der Waals surface area contributed by atoms with Crippen LogP contribution in [0.15, 0.2) is 48.5 Å². The van der Waals surface area contributed by atoms with Gasteiger partial charge in [0.25, 0.3) is 0 Å². The van der Waals surface area contributed by atoms with Gasteiger partial charge in [-0.25, -0.2) is 0 Å². The third-order valence-corrected chi connectivity index (χ3v) is 4.62. The van der Waals surface area contributed by atoms with Gasteiger partial charge in [-0.2, -0.15) is 0 Å². The van der Waals surface area contributed by atoms with Gasteiger partial charge < -0.3 is 5.41 Å². The fourth-order valence-corrected chi connectivity index (χ4v) is 2.88. The summed E-state index contributed by atoms with van der Waals surface area (Å²) in [4.78, 5) is 0. The number of allylic oxidation sites excluding steroid dienone is 1. The van der Waals surface area contributed by atoms with Gasteiger partial charge in [0.1, 0.15) is 0 Å². The molecule has 2 rings (SSSR count). The third kappa shape index (κ3) is 4.67. The smallest absolute Gasteiger partial charge is 0.0205 e. The maximum atomic E-state index is 8.51. The number of aryl methyl sites for hydroxylation is 2. The van der Waals surface area contributed by atoms with Crippen LogP contribution in [0, 0.1) is 12.3 Å². The van der Waals surface area contributed by atoms with Crippen LogP contribution in [0.4, 0.5) is 0 Å². The molecule has 0 aromatic heterocycles. The molecular formula is C23H29N. The lowest BCUT2D eigenvalue weighted by Crippen LogP contribution is -2.11. The van der Waals surface area contributed by atoms with E-state index in [1.54, 1.807) is 0 Å². The van der Waals surface area contributed by atoms with Gasteiger partial charge in [-0.15, -0.1) is 0 Å². The minimum atomic E-state index is 0.144. The molecule has 126 valence electrons. The maximum absolute atomic E-state index is 8.51. The molecule has 0 fully saturated rings. The van der Waals surface area contributed by atoms with Crippen molar-refractivity contribution in [3.05, 3.63) is 76.4 Å². The van der Waals surface area contributed by atoms with Crippen LogP contribution in [0.1, 0.15) is 60.9 Å². The second-order valence-electron chi connectivity index (χ2n) is 6.53. The molecule has 0 aliphatic heterocycles. The lowest BCUT2D eigenvalue weighted by atomic mass is 9.89. The highest BCUT2D eigenvalue weighted by atomic mass is 14.4. The van der Waals surface area contributed by atoms with Crippen LogP contribution >= 0.6 is 0 Å². The predicted octanol–water partition coefficient (Wildman–Crippen LogP) is 6.35. The summed E-state index contributed by atoms with van der Waals surface area (Å²) in [6.45, 7) is 8.59. The van der Waals surface area contributed by atoms with Gasteiger partial charge in [0.05, 0.1) is 0 Å². The Morgan fingerprint density at radius 1 is 1.08 bits per heavy atom. The Morgan fingerprint density at radius 2 is 1.79 bits per heavy atom. The summed E-state index contributed by atoms with van der Waals surface area (Å²) < 4.78 is 0. The molecule has 24 heavy (non-hydrogen) atoms. The number of benzene rings is 2. The molecule has 0 spiro atoms. The molecular weight excluding hydrogens is 290 g/mol. The minimum Gasteiger partial charge on any atom is -0.309 e. The van der Waals surface area contributed by atoms with E-state index < -0.39 is 0 Å². The Balaban J connectivity index is 2.18. The largest absolute Gasteiger partial charge is 0.309 e. The average Bonchev–Trinajstić information content (AvgIpc) is 2.60. The zero-order valence-corrected chi connectivity index (χ0v) is 15.4. The van der Waals surface area contributed by atoms with Crippen molar-refractivity contribution in [2.75, 3.05) is 0 Å². The van der Waals surface area contributed by atoms with Crippen molar-refractivity contribution in [1.29, 1.82) is 5.41 Å². The van der Waals surface area contributed by atoms with Gasteiger partial charge in [-0.05, 0) is 42.0 Å². The first-order valence-electron chi connectivity index (χ1n) is 8.97. The highest BCUT2D eigenvalue weighted by Crippen LogP contribution is 2.23. The second kappa shape index (κ2) is 8.63. The lowest BCUT2D eigenvalue weighted by molar-refractivity contribution is 0.968. The lowest BCUT2D eigenvalue weighted by Gasteiger charge is -2.16. The second-order valence-corrected chi connectivity index (χ2v) is 6.53. The first-order chi connectivity index (χ1) is 11.5. The van der Waals surface area contributed by atoms with E-state index in [4.69, 9.17) is 5.41 Å². The highest BCUT2D eigenvalue weighted by Gasteiger charge is 2.13. The molecule has 0 radical (unpaired) electrons. The van der Waals surface area contributed by atoms with Crippen LogP contribution < -0.4 is 0 Å². The van der Waals surface area contributed by atoms with Crippen molar-refractivity contribution in [1.82, 2.24) is 0 Å². The van der Waals surface area contributed by atoms with Crippen LogP contribution in [0.3, 0.4) is 0 Å². The molecule has 2 aromatic carbocycles. The SMILES string of the molecule is CCC=Cc1cc(C(C)C(=N)Cc2ccc(C)cc2)ccc1CC. The van der Waals surface area contributed by atoms with E-state index in [0.717, 1.165) is 25.0 Å². The molecule has 0 heterocycles. The topological polar surface area (TPSA) is 23.9 Å². The third-order valence-electron chi connectivity index (χ3n) is 4.62. The fourth-order valence-electron chi connectivity index (χ4n) is 2.88. The monoisotopic (exact) mass is 319 g/mol. The molecule has 1 N–H and O–H groups in total. The molecule has 0 amide bonds. The van der Waals surface area contributed by atoms with E-state index in [1.165, 1.54) is 27.8 Å². The summed E-state index contributed by atoms with van der Waals surface area (Å²) in [6.07, 6.45) is 7.24. The molecule has 1 unspecified atom stereocenters. The van der Waals surface area contributed by atoms with Gasteiger partial charge in [-0.3, -0.25) is 0 Å². The Kier molecular flexibility index (Phi) is 6.54. The van der Waals surface area contributed by atoms with Crippen molar-refractivity contribution in [2.45, 2.75) is 52.9 Å². The van der Waals surface area contributed by atoms with Gasteiger partial charge in [0.15, 0.2) is 0 Å². The summed E-state index contributed by atoms with van der Waals surface area (Å²) in [7, 11) is 0. The summed E-state index contributed by atoms with van der Waals surface area (Å²) >= 11 is 0. The Morgan fingerprint density at radius 3 is 2.42 bits per heavy atom. The molecule has 0 saturated heterocycles. The van der Waals surface area contributed by atoms with Gasteiger partial charge in [0, 0.05) is 18.1 Å². The molecule has 1 heteroatoms. The summed E-state index contributed by atoms with van der Waals surface area (Å²) in [5.41, 5.74) is 7.16. The fraction of sp³-hybridized carbons (Fsp3) is 0.348. The van der Waals surface area contributed by atoms with Gasteiger partial charge >= 0.3 is 0 Å². The summed E-state index contributed by atoms with van der Waals surface area (Å²) in [5, 5.41) is 8.51. The molecule has 0 bridgehead atoms. The van der Waals surface area contributed by atoms with Gasteiger partial charge in [0.2, 0.25) is 0 Å². The van der Waals surface area contributed by atoms with Crippen LogP contribution in [-0.2, 0) is 12.8 Å². The molecule has 1 nitrogen and oxygen atoms in total. The number of hydrogen-bond donors (Lipinski definition) is 1. The van der Waals surface area contributed by atoms with Crippen molar-refractivity contribution < 1.29 is 0 Å². The number of rotatable bonds is 7. The zero-order chi connectivity index (χ0) is 17.5. The highest BCUT2D eigenvalue weighted by molar-refractivity contribution is 5.90. The molecule has 0 aliphatic rings. The van der Waals surface area contributed by atoms with E-state index in [1.807, 2.05) is 0 Å². The van der Waals surface area contributed by atoms with E-state index in [9.17, 15) is 0 Å². The molecule has 0 aliphatic carbocycles. The van der Waals surface area contributed by atoms with Crippen LogP contribution in [-0.4, -0.2) is 5.71 Å². The van der Waals surface area contributed by atoms with Gasteiger partial charge in [-0.1, -0.05) is 81.0 Å². The first-order valence-corrected chi connectivity index (χ1v) is 8.97. The van der Waals surface area contributed by atoms with Crippen LogP contribution in [0.5, 0.6) is 0 Å². The van der Waals surface area contributed by atoms with Crippen molar-refractivity contribution in [3.63, 3.8) is 0 Å². The van der Waals surface area contributed by atoms with E-state index in [-0.39, 0.29) is 5.92 Å². The Labute approximate surface area is 146 Å². The maximum Gasteiger partial charge on any atom is 0.0205 e. The quantitative estimate of drug-likeness (QED) is 0.575. The van der Waals surface area contributed by atoms with E-state index in [2.05, 4.69) is 82.3 Å². The van der Waals surface area contributed by atoms with Crippen molar-refractivity contribution >= 4 is 11.8 Å². The zero-order valence-electron chi connectivity index (χ0n) is 15.4. The Bertz CT molecular complexity index is 707. The molecule has 1 atom stereocenters. The number of nitrogens with one attached hydrogen (secondary N) is 1. The predicted molar refractivity (Wildman–Crippen MR) is 106 cm³/mol. The van der Waals surface area contributed by atoms with E-state index >= 15 is 0 Å². The van der Waals surface area contributed by atoms with E-state index in [0.29, 0.717) is 0 Å². The molecule has 0 saturated carbocycles. The molecule has 2 aromatic rings. The average molecular weight is 319 g/mol. The normalized spacial score (nSPS) is 12.5. The minimum absolute atomic E-state index is 0.144. The summed E-state index contributed by atoms with van der Waals surface area (Å²) in [6, 6.07) is 15.2. The van der Waals surface area contributed by atoms with Crippen molar-refractivity contribution in [2.24, 2.45) is 0 Å². The van der Waals surface area contributed by atoms with Crippen LogP contribution in [0.2, 0.25) is 0 Å². The standard InChI is InChI=1S/C23H29N/c1-5-7-8-22-16-21(14-13-20(22)6-2)18(4)23(24)15-19-11-9-17(3)10-12-19/h7-14,16,18,24H,5-6,15H2,1-4H3.